The van der Waals surface area contributed by atoms with E-state index in [1.54, 1.807) is 18.2 Å². The summed E-state index contributed by atoms with van der Waals surface area (Å²) in [6.45, 7) is 0. The first-order valence-electron chi connectivity index (χ1n) is 7.03. The highest BCUT2D eigenvalue weighted by molar-refractivity contribution is 7.99. The van der Waals surface area contributed by atoms with Gasteiger partial charge in [0.15, 0.2) is 0 Å². The van der Waals surface area contributed by atoms with Crippen molar-refractivity contribution >= 4 is 41.5 Å². The van der Waals surface area contributed by atoms with Crippen molar-refractivity contribution < 1.29 is 14.7 Å². The molecule has 0 saturated heterocycles. The Morgan fingerprint density at radius 2 is 1.88 bits per heavy atom. The molecule has 5 nitrogen and oxygen atoms in total. The predicted octanol–water partition coefficient (Wildman–Crippen LogP) is 3.42. The van der Waals surface area contributed by atoms with Gasteiger partial charge in [0, 0.05) is 16.3 Å². The molecule has 0 radical (unpaired) electrons. The van der Waals surface area contributed by atoms with Crippen LogP contribution in [0.25, 0.3) is 0 Å². The number of carboxylic acid groups (broad SMARTS) is 1. The second kappa shape index (κ2) is 9.10. The molecular formula is C17H15ClN2O3S. The number of hydrogen-bond donors (Lipinski definition) is 2. The Labute approximate surface area is 148 Å². The Hall–Kier alpha value is -2.31. The summed E-state index contributed by atoms with van der Waals surface area (Å²) in [4.78, 5) is 22.8. The van der Waals surface area contributed by atoms with Gasteiger partial charge in [0.05, 0.1) is 17.5 Å². The number of amides is 1. The monoisotopic (exact) mass is 362 g/mol. The van der Waals surface area contributed by atoms with E-state index in [0.29, 0.717) is 16.3 Å². The molecule has 0 unspecified atom stereocenters. The van der Waals surface area contributed by atoms with Gasteiger partial charge in [-0.25, -0.2) is 10.2 Å². The third kappa shape index (κ3) is 5.40. The molecule has 2 N–H and O–H groups in total. The van der Waals surface area contributed by atoms with E-state index in [4.69, 9.17) is 16.7 Å². The molecule has 0 spiro atoms. The number of nitrogens with zero attached hydrogens (tertiary/aromatic N) is 1. The molecule has 0 fully saturated rings. The number of halogens is 1. The molecule has 0 aliphatic rings. The summed E-state index contributed by atoms with van der Waals surface area (Å²) in [6, 6.07) is 13.9. The Bertz CT molecular complexity index is 765. The second-order valence-corrected chi connectivity index (χ2v) is 6.16. The van der Waals surface area contributed by atoms with Gasteiger partial charge < -0.3 is 5.11 Å². The van der Waals surface area contributed by atoms with E-state index >= 15 is 0 Å². The Balaban J connectivity index is 1.81. The minimum Gasteiger partial charge on any atom is -0.478 e. The van der Waals surface area contributed by atoms with Gasteiger partial charge in [0.1, 0.15) is 0 Å². The summed E-state index contributed by atoms with van der Waals surface area (Å²) in [5, 5.41) is 13.5. The van der Waals surface area contributed by atoms with Gasteiger partial charge in [-0.2, -0.15) is 5.10 Å². The number of carbonyl (C=O) groups is 2. The highest BCUT2D eigenvalue weighted by Crippen LogP contribution is 2.20. The van der Waals surface area contributed by atoms with Gasteiger partial charge in [-0.15, -0.1) is 11.8 Å². The van der Waals surface area contributed by atoms with Crippen molar-refractivity contribution in [3.8, 4) is 0 Å². The van der Waals surface area contributed by atoms with Crippen molar-refractivity contribution in [2.75, 3.05) is 5.75 Å². The molecule has 1 amide bonds. The van der Waals surface area contributed by atoms with E-state index in [0.717, 1.165) is 5.56 Å². The molecule has 0 bridgehead atoms. The van der Waals surface area contributed by atoms with E-state index in [2.05, 4.69) is 10.5 Å². The zero-order valence-electron chi connectivity index (χ0n) is 12.6. The molecule has 0 saturated carbocycles. The molecule has 24 heavy (non-hydrogen) atoms. The fourth-order valence-corrected chi connectivity index (χ4v) is 2.99. The standard InChI is InChI=1S/C17H15ClN2O3S/c18-15-8-4-2-6-13(15)10-24-11-16(21)20-19-9-12-5-1-3-7-14(12)17(22)23/h1-9H,10-11H2,(H,20,21)(H,22,23)/b19-9-. The van der Waals surface area contributed by atoms with Crippen LogP contribution >= 0.6 is 23.4 Å². The number of hydrazone groups is 1. The summed E-state index contributed by atoms with van der Waals surface area (Å²) in [7, 11) is 0. The molecule has 2 aromatic carbocycles. The van der Waals surface area contributed by atoms with Gasteiger partial charge in [0.25, 0.3) is 0 Å². The first kappa shape index (κ1) is 18.0. The number of thioether (sulfide) groups is 1. The zero-order valence-corrected chi connectivity index (χ0v) is 14.2. The summed E-state index contributed by atoms with van der Waals surface area (Å²) >= 11 is 7.46. The van der Waals surface area contributed by atoms with E-state index in [-0.39, 0.29) is 17.2 Å². The van der Waals surface area contributed by atoms with Crippen LogP contribution in [0.4, 0.5) is 0 Å². The summed E-state index contributed by atoms with van der Waals surface area (Å²) in [6.07, 6.45) is 1.32. The minimum absolute atomic E-state index is 0.128. The van der Waals surface area contributed by atoms with Gasteiger partial charge in [-0.1, -0.05) is 48.0 Å². The Kier molecular flexibility index (Phi) is 6.84. The third-order valence-electron chi connectivity index (χ3n) is 3.03. The van der Waals surface area contributed by atoms with Gasteiger partial charge >= 0.3 is 5.97 Å². The smallest absolute Gasteiger partial charge is 0.336 e. The fourth-order valence-electron chi connectivity index (χ4n) is 1.88. The lowest BCUT2D eigenvalue weighted by Gasteiger charge is -2.03. The number of benzene rings is 2. The van der Waals surface area contributed by atoms with Gasteiger partial charge in [-0.3, -0.25) is 4.79 Å². The van der Waals surface area contributed by atoms with Gasteiger partial charge in [0.2, 0.25) is 5.91 Å². The average Bonchev–Trinajstić information content (AvgIpc) is 2.57. The molecule has 0 aliphatic carbocycles. The molecule has 0 aliphatic heterocycles. The average molecular weight is 363 g/mol. The van der Waals surface area contributed by atoms with Crippen LogP contribution in [-0.4, -0.2) is 29.0 Å². The lowest BCUT2D eigenvalue weighted by atomic mass is 10.1. The topological polar surface area (TPSA) is 78.8 Å². The lowest BCUT2D eigenvalue weighted by molar-refractivity contribution is -0.118. The molecular weight excluding hydrogens is 348 g/mol. The maximum atomic E-state index is 11.7. The highest BCUT2D eigenvalue weighted by atomic mass is 35.5. The molecule has 124 valence electrons. The van der Waals surface area contributed by atoms with E-state index in [9.17, 15) is 9.59 Å². The zero-order chi connectivity index (χ0) is 17.4. The summed E-state index contributed by atoms with van der Waals surface area (Å²) in [5.74, 6) is -0.461. The van der Waals surface area contributed by atoms with E-state index in [1.807, 2.05) is 24.3 Å². The molecule has 2 aromatic rings. The van der Waals surface area contributed by atoms with Crippen LogP contribution in [0.1, 0.15) is 21.5 Å². The van der Waals surface area contributed by atoms with E-state index < -0.39 is 5.97 Å². The van der Waals surface area contributed by atoms with Crippen molar-refractivity contribution in [3.05, 3.63) is 70.2 Å². The van der Waals surface area contributed by atoms with E-state index in [1.165, 1.54) is 24.0 Å². The summed E-state index contributed by atoms with van der Waals surface area (Å²) < 4.78 is 0. The number of nitrogens with one attached hydrogen (secondary N) is 1. The van der Waals surface area contributed by atoms with Crippen molar-refractivity contribution in [1.29, 1.82) is 0 Å². The fraction of sp³-hybridized carbons (Fsp3) is 0.118. The van der Waals surface area contributed by atoms with Crippen LogP contribution in [-0.2, 0) is 10.5 Å². The largest absolute Gasteiger partial charge is 0.478 e. The molecule has 0 atom stereocenters. The maximum Gasteiger partial charge on any atom is 0.336 e. The number of carboxylic acids is 1. The third-order valence-corrected chi connectivity index (χ3v) is 4.38. The lowest BCUT2D eigenvalue weighted by Crippen LogP contribution is -2.20. The normalized spacial score (nSPS) is 10.7. The maximum absolute atomic E-state index is 11.7. The first-order chi connectivity index (χ1) is 11.6. The van der Waals surface area contributed by atoms with Crippen molar-refractivity contribution in [2.45, 2.75) is 5.75 Å². The first-order valence-corrected chi connectivity index (χ1v) is 8.56. The van der Waals surface area contributed by atoms with Crippen molar-refractivity contribution in [3.63, 3.8) is 0 Å². The van der Waals surface area contributed by atoms with Crippen LogP contribution in [0.15, 0.2) is 53.6 Å². The SMILES string of the molecule is O=C(CSCc1ccccc1Cl)N/N=C\c1ccccc1C(=O)O. The Morgan fingerprint density at radius 1 is 1.17 bits per heavy atom. The van der Waals surface area contributed by atoms with Crippen molar-refractivity contribution in [1.82, 2.24) is 5.43 Å². The molecule has 2 rings (SSSR count). The van der Waals surface area contributed by atoms with Crippen LogP contribution in [0.2, 0.25) is 5.02 Å². The highest BCUT2D eigenvalue weighted by Gasteiger charge is 2.07. The van der Waals surface area contributed by atoms with Crippen LogP contribution in [0.5, 0.6) is 0 Å². The Morgan fingerprint density at radius 3 is 2.62 bits per heavy atom. The molecule has 0 aromatic heterocycles. The number of hydrogen-bond acceptors (Lipinski definition) is 4. The van der Waals surface area contributed by atoms with Gasteiger partial charge in [-0.05, 0) is 17.7 Å². The number of aromatic carboxylic acids is 1. The molecule has 7 heteroatoms. The second-order valence-electron chi connectivity index (χ2n) is 4.77. The minimum atomic E-state index is -1.04. The summed E-state index contributed by atoms with van der Waals surface area (Å²) in [5.41, 5.74) is 3.90. The van der Waals surface area contributed by atoms with Crippen LogP contribution in [0, 0.1) is 0 Å². The number of rotatable bonds is 7. The van der Waals surface area contributed by atoms with Crippen LogP contribution < -0.4 is 5.43 Å². The molecule has 0 heterocycles. The van der Waals surface area contributed by atoms with Crippen LogP contribution in [0.3, 0.4) is 0 Å². The number of carbonyl (C=O) groups excluding carboxylic acids is 1. The quantitative estimate of drug-likeness (QED) is 0.584. The van der Waals surface area contributed by atoms with Crippen molar-refractivity contribution in [2.24, 2.45) is 5.10 Å². The predicted molar refractivity (Wildman–Crippen MR) is 96.8 cm³/mol.